The molecule has 0 aliphatic heterocycles. The first kappa shape index (κ1) is 26.6. The van der Waals surface area contributed by atoms with Gasteiger partial charge in [-0.3, -0.25) is 4.57 Å². The molecule has 7 rings (SSSR count). The van der Waals surface area contributed by atoms with Crippen LogP contribution < -0.4 is 0 Å². The van der Waals surface area contributed by atoms with Gasteiger partial charge in [0.05, 0.1) is 22.6 Å². The third-order valence-electron chi connectivity index (χ3n) is 8.46. The van der Waals surface area contributed by atoms with Gasteiger partial charge in [-0.1, -0.05) is 141 Å². The third kappa shape index (κ3) is 4.83. The maximum absolute atomic E-state index is 5.22. The zero-order valence-corrected chi connectivity index (χ0v) is 24.7. The Morgan fingerprint density at radius 1 is 0.535 bits per heavy atom. The monoisotopic (exact) mass is 555 g/mol. The van der Waals surface area contributed by atoms with Crippen molar-refractivity contribution in [1.82, 2.24) is 14.5 Å². The highest BCUT2D eigenvalue weighted by Gasteiger charge is 2.29. The van der Waals surface area contributed by atoms with Crippen LogP contribution in [0, 0.1) is 6.92 Å². The van der Waals surface area contributed by atoms with Gasteiger partial charge in [0, 0.05) is 27.5 Å². The second-order valence-corrected chi connectivity index (χ2v) is 11.6. The van der Waals surface area contributed by atoms with Gasteiger partial charge in [-0.15, -0.1) is 0 Å². The first-order valence-corrected chi connectivity index (χ1v) is 14.8. The number of benzene rings is 5. The molecule has 0 aliphatic rings. The number of rotatable bonds is 6. The van der Waals surface area contributed by atoms with Crippen molar-refractivity contribution in [3.63, 3.8) is 0 Å². The molecule has 0 N–H and O–H groups in total. The van der Waals surface area contributed by atoms with Crippen LogP contribution in [-0.4, -0.2) is 14.5 Å². The van der Waals surface area contributed by atoms with Crippen molar-refractivity contribution in [3.05, 3.63) is 162 Å². The van der Waals surface area contributed by atoms with E-state index in [2.05, 4.69) is 159 Å². The van der Waals surface area contributed by atoms with E-state index in [1.807, 2.05) is 12.1 Å². The van der Waals surface area contributed by atoms with E-state index >= 15 is 0 Å². The van der Waals surface area contributed by atoms with E-state index < -0.39 is 0 Å². The van der Waals surface area contributed by atoms with E-state index in [1.165, 1.54) is 22.3 Å². The minimum Gasteiger partial charge on any atom is -0.278 e. The quantitative estimate of drug-likeness (QED) is 0.204. The molecule has 2 heterocycles. The highest BCUT2D eigenvalue weighted by molar-refractivity contribution is 5.90. The van der Waals surface area contributed by atoms with Crippen LogP contribution in [0.5, 0.6) is 0 Å². The number of para-hydroxylation sites is 1. The minimum atomic E-state index is -0.231. The van der Waals surface area contributed by atoms with Crippen molar-refractivity contribution < 1.29 is 0 Å². The molecule has 0 bridgehead atoms. The molecule has 0 spiro atoms. The number of hydrogen-bond acceptors (Lipinski definition) is 2. The first-order chi connectivity index (χ1) is 21.0. The Hall–Kier alpha value is -5.28. The summed E-state index contributed by atoms with van der Waals surface area (Å²) in [6.07, 6.45) is 0. The van der Waals surface area contributed by atoms with Crippen LogP contribution in [0.15, 0.2) is 146 Å². The van der Waals surface area contributed by atoms with Gasteiger partial charge >= 0.3 is 0 Å². The molecular formula is C40H33N3. The summed E-state index contributed by atoms with van der Waals surface area (Å²) in [6, 6.07) is 51.1. The fraction of sp³-hybridized carbons (Fsp3) is 0.100. The Balaban J connectivity index is 1.51. The van der Waals surface area contributed by atoms with Crippen molar-refractivity contribution in [1.29, 1.82) is 0 Å². The summed E-state index contributed by atoms with van der Waals surface area (Å²) in [7, 11) is 0. The van der Waals surface area contributed by atoms with Crippen molar-refractivity contribution in [2.24, 2.45) is 0 Å². The molecule has 2 aromatic heterocycles. The van der Waals surface area contributed by atoms with Crippen LogP contribution in [-0.2, 0) is 5.41 Å². The lowest BCUT2D eigenvalue weighted by Gasteiger charge is -2.30. The van der Waals surface area contributed by atoms with E-state index in [9.17, 15) is 0 Å². The maximum Gasteiger partial charge on any atom is 0.235 e. The van der Waals surface area contributed by atoms with Gasteiger partial charge in [0.1, 0.15) is 0 Å². The number of fused-ring (bicyclic) bond motifs is 1. The Kier molecular flexibility index (Phi) is 6.71. The summed E-state index contributed by atoms with van der Waals surface area (Å²) in [5.41, 5.74) is 10.8. The van der Waals surface area contributed by atoms with Crippen molar-refractivity contribution in [3.8, 4) is 39.7 Å². The number of hydrogen-bond donors (Lipinski definition) is 0. The highest BCUT2D eigenvalue weighted by atomic mass is 15.2. The number of aryl methyl sites for hydroxylation is 1. The molecule has 0 radical (unpaired) electrons. The second-order valence-electron chi connectivity index (χ2n) is 11.6. The largest absolute Gasteiger partial charge is 0.278 e. The predicted octanol–water partition coefficient (Wildman–Crippen LogP) is 10.1. The molecule has 5 aromatic carbocycles. The summed E-state index contributed by atoms with van der Waals surface area (Å²) >= 11 is 0. The fourth-order valence-corrected chi connectivity index (χ4v) is 6.29. The summed E-state index contributed by atoms with van der Waals surface area (Å²) < 4.78 is 2.24. The van der Waals surface area contributed by atoms with Gasteiger partial charge < -0.3 is 0 Å². The fourth-order valence-electron chi connectivity index (χ4n) is 6.29. The molecule has 7 aromatic rings. The molecule has 0 amide bonds. The normalized spacial score (nSPS) is 11.6. The average molecular weight is 556 g/mol. The third-order valence-corrected chi connectivity index (χ3v) is 8.46. The van der Waals surface area contributed by atoms with Crippen LogP contribution in [0.25, 0.3) is 50.6 Å². The zero-order valence-electron chi connectivity index (χ0n) is 24.7. The summed E-state index contributed by atoms with van der Waals surface area (Å²) in [6.45, 7) is 6.84. The number of aromatic nitrogens is 3. The molecule has 0 fully saturated rings. The molecule has 0 unspecified atom stereocenters. The van der Waals surface area contributed by atoms with Crippen LogP contribution in [0.4, 0.5) is 0 Å². The van der Waals surface area contributed by atoms with Crippen LogP contribution in [0.2, 0.25) is 0 Å². The van der Waals surface area contributed by atoms with E-state index in [4.69, 9.17) is 9.97 Å². The maximum atomic E-state index is 5.22. The average Bonchev–Trinajstić information content (AvgIpc) is 3.45. The highest BCUT2D eigenvalue weighted by Crippen LogP contribution is 2.41. The lowest BCUT2D eigenvalue weighted by Crippen LogP contribution is -2.21. The lowest BCUT2D eigenvalue weighted by molar-refractivity contribution is 0.637. The van der Waals surface area contributed by atoms with Crippen LogP contribution in [0.3, 0.4) is 0 Å². The molecule has 0 atom stereocenters. The standard InChI is InChI=1S/C40H33N3/c1-28-16-10-13-23-33(28)40(2,3)34-24-14-12-22-32(34)38-26-31-21-11-15-25-37(31)43(38)39-41-35(29-17-6-4-7-18-29)27-36(42-39)30-19-8-5-9-20-30/h4-27H,1-3H3. The Morgan fingerprint density at radius 3 is 1.72 bits per heavy atom. The molecule has 0 aliphatic carbocycles. The Labute approximate surface area is 253 Å². The van der Waals surface area contributed by atoms with E-state index in [1.54, 1.807) is 0 Å². The van der Waals surface area contributed by atoms with Crippen LogP contribution in [0.1, 0.15) is 30.5 Å². The van der Waals surface area contributed by atoms with Crippen molar-refractivity contribution in [2.75, 3.05) is 0 Å². The summed E-state index contributed by atoms with van der Waals surface area (Å²) in [4.78, 5) is 10.4. The van der Waals surface area contributed by atoms with Gasteiger partial charge in [-0.25, -0.2) is 9.97 Å². The molecule has 0 saturated heterocycles. The Morgan fingerprint density at radius 2 is 1.07 bits per heavy atom. The van der Waals surface area contributed by atoms with Gasteiger partial charge in [0.15, 0.2) is 0 Å². The van der Waals surface area contributed by atoms with E-state index in [0.29, 0.717) is 5.95 Å². The zero-order chi connectivity index (χ0) is 29.4. The lowest BCUT2D eigenvalue weighted by atomic mass is 9.74. The second kappa shape index (κ2) is 10.8. The van der Waals surface area contributed by atoms with Crippen LogP contribution >= 0.6 is 0 Å². The predicted molar refractivity (Wildman–Crippen MR) is 178 cm³/mol. The number of nitrogens with zero attached hydrogens (tertiary/aromatic N) is 3. The van der Waals surface area contributed by atoms with E-state index in [0.717, 1.165) is 39.1 Å². The molecule has 3 heteroatoms. The van der Waals surface area contributed by atoms with E-state index in [-0.39, 0.29) is 5.41 Å². The first-order valence-electron chi connectivity index (χ1n) is 14.8. The molecule has 3 nitrogen and oxygen atoms in total. The SMILES string of the molecule is Cc1ccccc1C(C)(C)c1ccccc1-c1cc2ccccc2n1-c1nc(-c2ccccc2)cc(-c2ccccc2)n1. The molecule has 0 saturated carbocycles. The van der Waals surface area contributed by atoms with Gasteiger partial charge in [-0.05, 0) is 41.8 Å². The topological polar surface area (TPSA) is 30.7 Å². The van der Waals surface area contributed by atoms with Gasteiger partial charge in [0.2, 0.25) is 5.95 Å². The Bertz CT molecular complexity index is 2000. The van der Waals surface area contributed by atoms with Crippen molar-refractivity contribution >= 4 is 10.9 Å². The van der Waals surface area contributed by atoms with Crippen molar-refractivity contribution in [2.45, 2.75) is 26.2 Å². The van der Waals surface area contributed by atoms with Gasteiger partial charge in [-0.2, -0.15) is 0 Å². The molecule has 208 valence electrons. The minimum absolute atomic E-state index is 0.231. The molecule has 43 heavy (non-hydrogen) atoms. The smallest absolute Gasteiger partial charge is 0.235 e. The summed E-state index contributed by atoms with van der Waals surface area (Å²) in [5.74, 6) is 0.653. The summed E-state index contributed by atoms with van der Waals surface area (Å²) in [5, 5.41) is 1.15. The molecular weight excluding hydrogens is 522 g/mol. The van der Waals surface area contributed by atoms with Gasteiger partial charge in [0.25, 0.3) is 0 Å².